The lowest BCUT2D eigenvalue weighted by molar-refractivity contribution is -0.142. The molecule has 1 fully saturated rings. The van der Waals surface area contributed by atoms with Gasteiger partial charge in [-0.1, -0.05) is 20.3 Å². The Bertz CT molecular complexity index is 301. The molecule has 0 heterocycles. The molecule has 0 aliphatic heterocycles. The van der Waals surface area contributed by atoms with Gasteiger partial charge in [-0.3, -0.25) is 4.79 Å². The molecule has 1 saturated carbocycles. The number of hydrogen-bond acceptors (Lipinski definition) is 3. The maximum absolute atomic E-state index is 11.9. The predicted octanol–water partition coefficient (Wildman–Crippen LogP) is 1.42. The fourth-order valence-corrected chi connectivity index (χ4v) is 2.47. The van der Waals surface area contributed by atoms with E-state index in [9.17, 15) is 9.59 Å². The molecule has 0 aromatic heterocycles. The van der Waals surface area contributed by atoms with Crippen LogP contribution < -0.4 is 5.32 Å². The molecule has 0 aromatic rings. The van der Waals surface area contributed by atoms with Crippen molar-refractivity contribution < 1.29 is 19.4 Å². The van der Waals surface area contributed by atoms with Gasteiger partial charge in [-0.2, -0.15) is 0 Å². The van der Waals surface area contributed by atoms with Crippen molar-refractivity contribution in [2.75, 3.05) is 19.8 Å². The minimum absolute atomic E-state index is 0.0710. The van der Waals surface area contributed by atoms with Gasteiger partial charge < -0.3 is 15.2 Å². The minimum atomic E-state index is -0.990. The second kappa shape index (κ2) is 6.73. The number of hydrogen-bond donors (Lipinski definition) is 2. The first kappa shape index (κ1) is 15.0. The lowest BCUT2D eigenvalue weighted by Gasteiger charge is -2.34. The predicted molar refractivity (Wildman–Crippen MR) is 67.2 cm³/mol. The third-order valence-corrected chi connectivity index (χ3v) is 3.35. The zero-order valence-electron chi connectivity index (χ0n) is 11.2. The molecule has 1 atom stereocenters. The van der Waals surface area contributed by atoms with Crippen LogP contribution in [-0.2, 0) is 14.3 Å². The van der Waals surface area contributed by atoms with Crippen molar-refractivity contribution in [2.24, 2.45) is 11.3 Å². The van der Waals surface area contributed by atoms with E-state index in [1.165, 1.54) is 6.42 Å². The van der Waals surface area contributed by atoms with Crippen LogP contribution in [0.4, 0.5) is 0 Å². The highest BCUT2D eigenvalue weighted by atomic mass is 16.5. The topological polar surface area (TPSA) is 75.6 Å². The van der Waals surface area contributed by atoms with E-state index >= 15 is 0 Å². The molecule has 0 aromatic carbocycles. The quantitative estimate of drug-likeness (QED) is 0.706. The Morgan fingerprint density at radius 1 is 1.44 bits per heavy atom. The number of rotatable bonds is 6. The van der Waals surface area contributed by atoms with Crippen LogP contribution in [-0.4, -0.2) is 36.7 Å². The molecule has 0 radical (unpaired) electrons. The van der Waals surface area contributed by atoms with E-state index in [2.05, 4.69) is 19.2 Å². The van der Waals surface area contributed by atoms with E-state index in [1.807, 2.05) is 0 Å². The normalized spacial score (nSPS) is 22.4. The molecule has 18 heavy (non-hydrogen) atoms. The summed E-state index contributed by atoms with van der Waals surface area (Å²) in [4.78, 5) is 22.1. The summed E-state index contributed by atoms with van der Waals surface area (Å²) in [5.41, 5.74) is 0.250. The summed E-state index contributed by atoms with van der Waals surface area (Å²) < 4.78 is 4.86. The van der Waals surface area contributed by atoms with Gasteiger partial charge in [0.05, 0.1) is 6.61 Å². The SMILES string of the molecule is CC1(C)CCCC(C(=O)NCCOCC(=O)O)C1. The summed E-state index contributed by atoms with van der Waals surface area (Å²) in [5.74, 6) is -0.828. The average molecular weight is 257 g/mol. The van der Waals surface area contributed by atoms with Gasteiger partial charge in [-0.15, -0.1) is 0 Å². The highest BCUT2D eigenvalue weighted by molar-refractivity contribution is 5.78. The average Bonchev–Trinajstić information content (AvgIpc) is 2.26. The van der Waals surface area contributed by atoms with Crippen molar-refractivity contribution >= 4 is 11.9 Å². The van der Waals surface area contributed by atoms with Crippen molar-refractivity contribution in [3.05, 3.63) is 0 Å². The van der Waals surface area contributed by atoms with Gasteiger partial charge in [0.15, 0.2) is 0 Å². The third-order valence-electron chi connectivity index (χ3n) is 3.35. The van der Waals surface area contributed by atoms with Crippen molar-refractivity contribution in [1.29, 1.82) is 0 Å². The number of carbonyl (C=O) groups is 2. The molecular formula is C13H23NO4. The summed E-state index contributed by atoms with van der Waals surface area (Å²) >= 11 is 0. The zero-order valence-corrected chi connectivity index (χ0v) is 11.2. The lowest BCUT2D eigenvalue weighted by Crippen LogP contribution is -2.37. The fourth-order valence-electron chi connectivity index (χ4n) is 2.47. The first-order valence-corrected chi connectivity index (χ1v) is 6.48. The first-order valence-electron chi connectivity index (χ1n) is 6.48. The Kier molecular flexibility index (Phi) is 5.59. The molecule has 2 N–H and O–H groups in total. The van der Waals surface area contributed by atoms with Crippen LogP contribution in [0.5, 0.6) is 0 Å². The van der Waals surface area contributed by atoms with Crippen LogP contribution >= 0.6 is 0 Å². The molecule has 104 valence electrons. The van der Waals surface area contributed by atoms with Gasteiger partial charge in [-0.25, -0.2) is 4.79 Å². The number of ether oxygens (including phenoxy) is 1. The van der Waals surface area contributed by atoms with Gasteiger partial charge in [0, 0.05) is 12.5 Å². The molecule has 0 bridgehead atoms. The standard InChI is InChI=1S/C13H23NO4/c1-13(2)5-3-4-10(8-13)12(17)14-6-7-18-9-11(15)16/h10H,3-9H2,1-2H3,(H,14,17)(H,15,16). The maximum Gasteiger partial charge on any atom is 0.329 e. The number of amides is 1. The van der Waals surface area contributed by atoms with Crippen LogP contribution in [0, 0.1) is 11.3 Å². The molecule has 5 heteroatoms. The second-order valence-corrected chi connectivity index (χ2v) is 5.69. The molecule has 0 saturated heterocycles. The summed E-state index contributed by atoms with van der Waals surface area (Å²) in [6, 6.07) is 0. The van der Waals surface area contributed by atoms with E-state index in [0.717, 1.165) is 19.3 Å². The largest absolute Gasteiger partial charge is 0.480 e. The maximum atomic E-state index is 11.9. The molecule has 1 aliphatic rings. The second-order valence-electron chi connectivity index (χ2n) is 5.69. The van der Waals surface area contributed by atoms with Crippen LogP contribution in [0.3, 0.4) is 0 Å². The van der Waals surface area contributed by atoms with E-state index in [0.29, 0.717) is 6.54 Å². The van der Waals surface area contributed by atoms with Gasteiger partial charge in [0.25, 0.3) is 0 Å². The third kappa shape index (κ3) is 5.49. The van der Waals surface area contributed by atoms with Crippen molar-refractivity contribution in [3.63, 3.8) is 0 Å². The molecule has 1 rings (SSSR count). The fraction of sp³-hybridized carbons (Fsp3) is 0.846. The number of carbonyl (C=O) groups excluding carboxylic acids is 1. The highest BCUT2D eigenvalue weighted by Gasteiger charge is 2.31. The van der Waals surface area contributed by atoms with Crippen LogP contribution in [0.1, 0.15) is 39.5 Å². The highest BCUT2D eigenvalue weighted by Crippen LogP contribution is 2.38. The van der Waals surface area contributed by atoms with E-state index in [4.69, 9.17) is 9.84 Å². The Balaban J connectivity index is 2.18. The summed E-state index contributed by atoms with van der Waals surface area (Å²) in [7, 11) is 0. The van der Waals surface area contributed by atoms with Crippen molar-refractivity contribution in [3.8, 4) is 0 Å². The van der Waals surface area contributed by atoms with Gasteiger partial charge in [0.2, 0.25) is 5.91 Å². The molecule has 0 spiro atoms. The number of nitrogens with one attached hydrogen (secondary N) is 1. The Labute approximate surface area is 108 Å². The number of carboxylic acids is 1. The Hall–Kier alpha value is -1.10. The molecular weight excluding hydrogens is 234 g/mol. The van der Waals surface area contributed by atoms with Crippen molar-refractivity contribution in [1.82, 2.24) is 5.32 Å². The van der Waals surface area contributed by atoms with Gasteiger partial charge >= 0.3 is 5.97 Å². The van der Waals surface area contributed by atoms with E-state index in [-0.39, 0.29) is 30.5 Å². The Morgan fingerprint density at radius 2 is 2.17 bits per heavy atom. The van der Waals surface area contributed by atoms with Crippen LogP contribution in [0.2, 0.25) is 0 Å². The zero-order chi connectivity index (χ0) is 13.6. The smallest absolute Gasteiger partial charge is 0.329 e. The minimum Gasteiger partial charge on any atom is -0.480 e. The number of carboxylic acid groups (broad SMARTS) is 1. The molecule has 5 nitrogen and oxygen atoms in total. The summed E-state index contributed by atoms with van der Waals surface area (Å²) in [5, 5.41) is 11.2. The Morgan fingerprint density at radius 3 is 2.78 bits per heavy atom. The molecule has 1 amide bonds. The van der Waals surface area contributed by atoms with Crippen molar-refractivity contribution in [2.45, 2.75) is 39.5 Å². The molecule has 1 unspecified atom stereocenters. The summed E-state index contributed by atoms with van der Waals surface area (Å²) in [6.45, 7) is 4.70. The molecule has 1 aliphatic carbocycles. The summed E-state index contributed by atoms with van der Waals surface area (Å²) in [6.07, 6.45) is 4.15. The van der Waals surface area contributed by atoms with E-state index < -0.39 is 5.97 Å². The first-order chi connectivity index (χ1) is 8.41. The monoisotopic (exact) mass is 257 g/mol. The van der Waals surface area contributed by atoms with E-state index in [1.54, 1.807) is 0 Å². The van der Waals surface area contributed by atoms with Gasteiger partial charge in [0.1, 0.15) is 6.61 Å². The van der Waals surface area contributed by atoms with Gasteiger partial charge in [-0.05, 0) is 24.7 Å². The van der Waals surface area contributed by atoms with Crippen LogP contribution in [0.25, 0.3) is 0 Å². The number of aliphatic carboxylic acids is 1. The van der Waals surface area contributed by atoms with Crippen LogP contribution in [0.15, 0.2) is 0 Å². The lowest BCUT2D eigenvalue weighted by atomic mass is 9.72.